The molecule has 1 aromatic rings. The number of ether oxygens (including phenoxy) is 1. The predicted octanol–water partition coefficient (Wildman–Crippen LogP) is 4.61. The van der Waals surface area contributed by atoms with E-state index in [0.717, 1.165) is 10.8 Å². The van der Waals surface area contributed by atoms with Gasteiger partial charge >= 0.3 is 0 Å². The summed E-state index contributed by atoms with van der Waals surface area (Å²) in [7, 11) is 0. The summed E-state index contributed by atoms with van der Waals surface area (Å²) in [5, 5.41) is 14.7. The molecule has 2 bridgehead atoms. The third-order valence-electron chi connectivity index (χ3n) is 5.39. The molecule has 0 radical (unpaired) electrons. The van der Waals surface area contributed by atoms with E-state index in [2.05, 4.69) is 26.1 Å². The van der Waals surface area contributed by atoms with E-state index < -0.39 is 6.10 Å². The van der Waals surface area contributed by atoms with Crippen LogP contribution in [0.4, 0.5) is 0 Å². The molecule has 2 N–H and O–H groups in total. The van der Waals surface area contributed by atoms with Crippen molar-refractivity contribution in [2.45, 2.75) is 82.9 Å². The van der Waals surface area contributed by atoms with E-state index in [1.165, 1.54) is 36.8 Å². The second kappa shape index (κ2) is 6.86. The van der Waals surface area contributed by atoms with Gasteiger partial charge in [-0.25, -0.2) is 0 Å². The maximum Gasteiger partial charge on any atom is 0.123 e. The molecular weight excluding hydrogens is 322 g/mol. The molecule has 3 aliphatic rings. The molecule has 1 saturated carbocycles. The van der Waals surface area contributed by atoms with E-state index in [4.69, 9.17) is 16.3 Å². The minimum Gasteiger partial charge on any atom is -0.491 e. The van der Waals surface area contributed by atoms with Crippen LogP contribution in [0.1, 0.15) is 76.3 Å². The van der Waals surface area contributed by atoms with Crippen LogP contribution in [0.15, 0.2) is 12.1 Å². The van der Waals surface area contributed by atoms with Crippen molar-refractivity contribution in [2.24, 2.45) is 0 Å². The van der Waals surface area contributed by atoms with Crippen molar-refractivity contribution in [1.82, 2.24) is 5.32 Å². The van der Waals surface area contributed by atoms with Gasteiger partial charge in [-0.15, -0.1) is 0 Å². The molecule has 0 spiro atoms. The average Bonchev–Trinajstić information content (AvgIpc) is 2.53. The molecule has 24 heavy (non-hydrogen) atoms. The predicted molar refractivity (Wildman–Crippen MR) is 99.3 cm³/mol. The van der Waals surface area contributed by atoms with Gasteiger partial charge in [0, 0.05) is 22.2 Å². The first-order chi connectivity index (χ1) is 11.3. The molecule has 0 saturated heterocycles. The second-order valence-corrected chi connectivity index (χ2v) is 8.89. The summed E-state index contributed by atoms with van der Waals surface area (Å²) in [6.45, 7) is 8.60. The first-order valence-electron chi connectivity index (χ1n) is 9.17. The monoisotopic (exact) mass is 351 g/mol. The number of halogens is 1. The molecule has 3 aliphatic carbocycles. The van der Waals surface area contributed by atoms with Crippen LogP contribution in [-0.2, 0) is 0 Å². The van der Waals surface area contributed by atoms with Crippen LogP contribution in [0.3, 0.4) is 0 Å². The number of hydrogen-bond donors (Lipinski definition) is 2. The minimum atomic E-state index is -0.545. The van der Waals surface area contributed by atoms with Gasteiger partial charge in [0.1, 0.15) is 18.5 Å². The van der Waals surface area contributed by atoms with Gasteiger partial charge in [-0.05, 0) is 82.9 Å². The van der Waals surface area contributed by atoms with Crippen molar-refractivity contribution in [3.05, 3.63) is 28.3 Å². The highest BCUT2D eigenvalue weighted by Crippen LogP contribution is 2.54. The fourth-order valence-electron chi connectivity index (χ4n) is 4.32. The number of rotatable bonds is 5. The standard InChI is InChI=1S/C20H30ClNO2/c1-12(22-20(2,3)4)16(23)11-24-17-10-9-15(21)18-13-5-7-14(8-6-13)19(17)18/h9-10,12-14,16,22-23H,5-8,11H2,1-4H3. The lowest BCUT2D eigenvalue weighted by Crippen LogP contribution is -2.49. The van der Waals surface area contributed by atoms with Crippen molar-refractivity contribution in [3.63, 3.8) is 0 Å². The first-order valence-corrected chi connectivity index (χ1v) is 9.55. The van der Waals surface area contributed by atoms with Gasteiger partial charge in [-0.2, -0.15) is 0 Å². The summed E-state index contributed by atoms with van der Waals surface area (Å²) in [5.74, 6) is 2.08. The topological polar surface area (TPSA) is 41.5 Å². The molecule has 2 atom stereocenters. The molecule has 4 heteroatoms. The van der Waals surface area contributed by atoms with Gasteiger partial charge in [0.05, 0.1) is 0 Å². The minimum absolute atomic E-state index is 0.0235. The largest absolute Gasteiger partial charge is 0.491 e. The second-order valence-electron chi connectivity index (χ2n) is 8.48. The third-order valence-corrected chi connectivity index (χ3v) is 5.71. The third kappa shape index (κ3) is 3.74. The van der Waals surface area contributed by atoms with Gasteiger partial charge in [-0.3, -0.25) is 0 Å². The van der Waals surface area contributed by atoms with Crippen LogP contribution in [0, 0.1) is 0 Å². The van der Waals surface area contributed by atoms with E-state index >= 15 is 0 Å². The number of fused-ring (bicyclic) bond motifs is 2. The molecule has 3 nitrogen and oxygen atoms in total. The molecule has 134 valence electrons. The molecule has 4 rings (SSSR count). The van der Waals surface area contributed by atoms with Crippen LogP contribution in [0.5, 0.6) is 5.75 Å². The summed E-state index contributed by atoms with van der Waals surface area (Å²) in [6.07, 6.45) is 4.42. The van der Waals surface area contributed by atoms with Gasteiger partial charge in [0.25, 0.3) is 0 Å². The summed E-state index contributed by atoms with van der Waals surface area (Å²) in [5.41, 5.74) is 2.60. The van der Waals surface area contributed by atoms with Crippen LogP contribution >= 0.6 is 11.6 Å². The zero-order chi connectivity index (χ0) is 17.5. The molecular formula is C20H30ClNO2. The van der Waals surface area contributed by atoms with Crippen LogP contribution in [0.2, 0.25) is 5.02 Å². The zero-order valence-corrected chi connectivity index (χ0v) is 16.0. The Morgan fingerprint density at radius 3 is 2.33 bits per heavy atom. The van der Waals surface area contributed by atoms with E-state index in [-0.39, 0.29) is 11.6 Å². The van der Waals surface area contributed by atoms with E-state index in [1.54, 1.807) is 0 Å². The Morgan fingerprint density at radius 2 is 1.75 bits per heavy atom. The molecule has 0 amide bonds. The SMILES string of the molecule is CC(NC(C)(C)C)C(O)COc1ccc(Cl)c2c1C1CCC2CC1. The summed E-state index contributed by atoms with van der Waals surface area (Å²) >= 11 is 6.48. The lowest BCUT2D eigenvalue weighted by Gasteiger charge is -2.39. The molecule has 0 aliphatic heterocycles. The number of aliphatic hydroxyl groups is 1. The van der Waals surface area contributed by atoms with Crippen LogP contribution in [0.25, 0.3) is 0 Å². The summed E-state index contributed by atoms with van der Waals surface area (Å²) < 4.78 is 6.06. The van der Waals surface area contributed by atoms with Crippen molar-refractivity contribution in [2.75, 3.05) is 6.61 Å². The maximum absolute atomic E-state index is 10.4. The zero-order valence-electron chi connectivity index (χ0n) is 15.2. The van der Waals surface area contributed by atoms with E-state index in [9.17, 15) is 5.11 Å². The lowest BCUT2D eigenvalue weighted by atomic mass is 9.67. The molecule has 2 unspecified atom stereocenters. The number of benzene rings is 1. The summed E-state index contributed by atoms with van der Waals surface area (Å²) in [4.78, 5) is 0. The number of aliphatic hydroxyl groups excluding tert-OH is 1. The number of nitrogens with one attached hydrogen (secondary N) is 1. The summed E-state index contributed by atoms with van der Waals surface area (Å²) in [6, 6.07) is 3.92. The van der Waals surface area contributed by atoms with Gasteiger partial charge in [0.2, 0.25) is 0 Å². The Kier molecular flexibility index (Phi) is 5.15. The Morgan fingerprint density at radius 1 is 1.17 bits per heavy atom. The van der Waals surface area contributed by atoms with Gasteiger partial charge < -0.3 is 15.2 Å². The highest BCUT2D eigenvalue weighted by molar-refractivity contribution is 6.31. The Hall–Kier alpha value is -0.770. The van der Waals surface area contributed by atoms with Crippen molar-refractivity contribution < 1.29 is 9.84 Å². The highest BCUT2D eigenvalue weighted by atomic mass is 35.5. The number of hydrogen-bond acceptors (Lipinski definition) is 3. The Labute approximate surface area is 150 Å². The van der Waals surface area contributed by atoms with Crippen molar-refractivity contribution >= 4 is 11.6 Å². The molecule has 1 aromatic carbocycles. The Bertz CT molecular complexity index is 588. The lowest BCUT2D eigenvalue weighted by molar-refractivity contribution is 0.0689. The van der Waals surface area contributed by atoms with E-state index in [1.807, 2.05) is 19.1 Å². The van der Waals surface area contributed by atoms with Gasteiger partial charge in [-0.1, -0.05) is 11.6 Å². The Balaban J connectivity index is 1.72. The molecule has 0 aromatic heterocycles. The maximum atomic E-state index is 10.4. The highest BCUT2D eigenvalue weighted by Gasteiger charge is 2.36. The normalized spacial score (nSPS) is 25.2. The van der Waals surface area contributed by atoms with Crippen molar-refractivity contribution in [3.8, 4) is 5.75 Å². The van der Waals surface area contributed by atoms with Gasteiger partial charge in [0.15, 0.2) is 0 Å². The first kappa shape index (κ1) is 18.0. The molecule has 1 fully saturated rings. The van der Waals surface area contributed by atoms with E-state index in [0.29, 0.717) is 18.4 Å². The smallest absolute Gasteiger partial charge is 0.123 e. The fraction of sp³-hybridized carbons (Fsp3) is 0.700. The van der Waals surface area contributed by atoms with Crippen LogP contribution < -0.4 is 10.1 Å². The van der Waals surface area contributed by atoms with Crippen molar-refractivity contribution in [1.29, 1.82) is 0 Å². The van der Waals surface area contributed by atoms with Crippen LogP contribution in [-0.4, -0.2) is 29.4 Å². The quantitative estimate of drug-likeness (QED) is 0.813. The molecule has 0 heterocycles. The fourth-order valence-corrected chi connectivity index (χ4v) is 4.64. The average molecular weight is 352 g/mol.